The summed E-state index contributed by atoms with van der Waals surface area (Å²) in [5.41, 5.74) is 0. The van der Waals surface area contributed by atoms with Gasteiger partial charge in [0.25, 0.3) is 0 Å². The Bertz CT molecular complexity index is 167. The van der Waals surface area contributed by atoms with Gasteiger partial charge >= 0.3 is 6.09 Å². The topological polar surface area (TPSA) is 40.5 Å². The molecule has 0 aliphatic carbocycles. The van der Waals surface area contributed by atoms with Gasteiger partial charge in [-0.2, -0.15) is 0 Å². The third kappa shape index (κ3) is 1.83. The molecule has 0 bridgehead atoms. The lowest BCUT2D eigenvalue weighted by atomic mass is 10.2. The van der Waals surface area contributed by atoms with E-state index in [1.165, 1.54) is 0 Å². The van der Waals surface area contributed by atoms with E-state index in [1.54, 1.807) is 0 Å². The number of hydrogen-bond acceptors (Lipinski definition) is 1. The lowest BCUT2D eigenvalue weighted by Crippen LogP contribution is -2.35. The smallest absolute Gasteiger partial charge is 0.407 e. The standard InChI is InChI=1S/C6H9BrFNO2/c7-2-5-1-4(8)3-9(5)6(10)11/h4-5H,1-3H2,(H,10,11)/t4-,5+/m1/s1. The number of rotatable bonds is 1. The number of likely N-dealkylation sites (tertiary alicyclic amines) is 1. The third-order valence-corrected chi connectivity index (χ3v) is 2.53. The zero-order valence-electron chi connectivity index (χ0n) is 5.83. The number of amides is 1. The molecule has 1 N–H and O–H groups in total. The van der Waals surface area contributed by atoms with Gasteiger partial charge in [0.05, 0.1) is 6.54 Å². The molecule has 5 heteroatoms. The number of carbonyl (C=O) groups is 1. The van der Waals surface area contributed by atoms with Crippen LogP contribution >= 0.6 is 15.9 Å². The number of nitrogens with zero attached hydrogens (tertiary/aromatic N) is 1. The summed E-state index contributed by atoms with van der Waals surface area (Å²) < 4.78 is 12.6. The monoisotopic (exact) mass is 225 g/mol. The van der Waals surface area contributed by atoms with Gasteiger partial charge in [0.15, 0.2) is 0 Å². The molecule has 64 valence electrons. The van der Waals surface area contributed by atoms with Gasteiger partial charge in [0.2, 0.25) is 0 Å². The van der Waals surface area contributed by atoms with Crippen molar-refractivity contribution in [3.05, 3.63) is 0 Å². The van der Waals surface area contributed by atoms with Gasteiger partial charge in [-0.05, 0) is 0 Å². The molecule has 1 aliphatic rings. The number of alkyl halides is 2. The minimum atomic E-state index is -1.03. The first-order valence-corrected chi connectivity index (χ1v) is 4.47. The third-order valence-electron chi connectivity index (χ3n) is 1.79. The average Bonchev–Trinajstić information content (AvgIpc) is 2.30. The van der Waals surface area contributed by atoms with Crippen molar-refractivity contribution in [1.29, 1.82) is 0 Å². The van der Waals surface area contributed by atoms with Crippen LogP contribution in [0.1, 0.15) is 6.42 Å². The second-order valence-corrected chi connectivity index (χ2v) is 3.22. The summed E-state index contributed by atoms with van der Waals surface area (Å²) in [4.78, 5) is 11.6. The summed E-state index contributed by atoms with van der Waals surface area (Å²) in [6.07, 6.45) is -1.71. The molecule has 0 saturated carbocycles. The van der Waals surface area contributed by atoms with Crippen LogP contribution in [0, 0.1) is 0 Å². The van der Waals surface area contributed by atoms with Gasteiger partial charge in [0, 0.05) is 17.8 Å². The zero-order chi connectivity index (χ0) is 8.43. The van der Waals surface area contributed by atoms with Crippen LogP contribution in [0.4, 0.5) is 9.18 Å². The molecule has 1 aliphatic heterocycles. The van der Waals surface area contributed by atoms with E-state index in [0.29, 0.717) is 11.8 Å². The molecule has 11 heavy (non-hydrogen) atoms. The van der Waals surface area contributed by atoms with Crippen LogP contribution < -0.4 is 0 Å². The number of halogens is 2. The molecule has 0 aromatic heterocycles. The largest absolute Gasteiger partial charge is 0.465 e. The number of hydrogen-bond donors (Lipinski definition) is 1. The minimum absolute atomic E-state index is 0.0194. The molecule has 0 spiro atoms. The second kappa shape index (κ2) is 3.38. The van der Waals surface area contributed by atoms with Crippen molar-refractivity contribution in [2.45, 2.75) is 18.6 Å². The fraction of sp³-hybridized carbons (Fsp3) is 0.833. The van der Waals surface area contributed by atoms with E-state index >= 15 is 0 Å². The Morgan fingerprint density at radius 3 is 2.82 bits per heavy atom. The molecule has 1 saturated heterocycles. The molecule has 1 rings (SSSR count). The molecule has 1 amide bonds. The Hall–Kier alpha value is -0.320. The van der Waals surface area contributed by atoms with Crippen LogP contribution in [-0.2, 0) is 0 Å². The van der Waals surface area contributed by atoms with Gasteiger partial charge in [-0.1, -0.05) is 15.9 Å². The Kier molecular flexibility index (Phi) is 2.70. The van der Waals surface area contributed by atoms with E-state index in [2.05, 4.69) is 15.9 Å². The summed E-state index contributed by atoms with van der Waals surface area (Å²) in [6, 6.07) is -0.192. The van der Waals surface area contributed by atoms with Crippen molar-refractivity contribution in [3.8, 4) is 0 Å². The van der Waals surface area contributed by atoms with E-state index in [4.69, 9.17) is 5.11 Å². The van der Waals surface area contributed by atoms with Gasteiger partial charge in [-0.3, -0.25) is 0 Å². The SMILES string of the molecule is O=C(O)N1C[C@H](F)C[C@H]1CBr. The van der Waals surface area contributed by atoms with Crippen LogP contribution in [0.5, 0.6) is 0 Å². The quantitative estimate of drug-likeness (QED) is 0.687. The summed E-state index contributed by atoms with van der Waals surface area (Å²) >= 11 is 3.14. The molecule has 1 heterocycles. The Morgan fingerprint density at radius 2 is 2.45 bits per heavy atom. The zero-order valence-corrected chi connectivity index (χ0v) is 7.42. The summed E-state index contributed by atoms with van der Waals surface area (Å²) in [5.74, 6) is 0. The van der Waals surface area contributed by atoms with Crippen LogP contribution in [0.3, 0.4) is 0 Å². The predicted molar refractivity (Wildman–Crippen MR) is 41.8 cm³/mol. The van der Waals surface area contributed by atoms with Crippen LogP contribution in [0.2, 0.25) is 0 Å². The van der Waals surface area contributed by atoms with Crippen molar-refractivity contribution in [2.24, 2.45) is 0 Å². The highest BCUT2D eigenvalue weighted by Crippen LogP contribution is 2.21. The highest BCUT2D eigenvalue weighted by molar-refractivity contribution is 9.09. The highest BCUT2D eigenvalue weighted by Gasteiger charge is 2.34. The number of carboxylic acid groups (broad SMARTS) is 1. The van der Waals surface area contributed by atoms with Crippen molar-refractivity contribution in [1.82, 2.24) is 4.90 Å². The fourth-order valence-electron chi connectivity index (χ4n) is 1.24. The maximum Gasteiger partial charge on any atom is 0.407 e. The van der Waals surface area contributed by atoms with Gasteiger partial charge in [0.1, 0.15) is 6.17 Å². The molecule has 0 unspecified atom stereocenters. The van der Waals surface area contributed by atoms with Crippen molar-refractivity contribution < 1.29 is 14.3 Å². The van der Waals surface area contributed by atoms with E-state index < -0.39 is 12.3 Å². The first-order chi connectivity index (χ1) is 5.15. The average molecular weight is 226 g/mol. The maximum absolute atomic E-state index is 12.6. The van der Waals surface area contributed by atoms with Crippen molar-refractivity contribution >= 4 is 22.0 Å². The maximum atomic E-state index is 12.6. The molecule has 1 fully saturated rings. The molecule has 2 atom stereocenters. The molecular weight excluding hydrogens is 217 g/mol. The molecular formula is C6H9BrFNO2. The first-order valence-electron chi connectivity index (χ1n) is 3.34. The molecule has 0 radical (unpaired) electrons. The Labute approximate surface area is 72.3 Å². The van der Waals surface area contributed by atoms with Gasteiger partial charge < -0.3 is 10.0 Å². The molecule has 0 aromatic carbocycles. The summed E-state index contributed by atoms with van der Waals surface area (Å²) in [5, 5.41) is 9.08. The Balaban J connectivity index is 2.57. The first kappa shape index (κ1) is 8.77. The minimum Gasteiger partial charge on any atom is -0.465 e. The summed E-state index contributed by atoms with van der Waals surface area (Å²) in [7, 11) is 0. The van der Waals surface area contributed by atoms with Crippen LogP contribution in [-0.4, -0.2) is 40.2 Å². The lowest BCUT2D eigenvalue weighted by molar-refractivity contribution is 0.142. The fourth-order valence-corrected chi connectivity index (χ4v) is 1.85. The second-order valence-electron chi connectivity index (χ2n) is 2.58. The normalized spacial score (nSPS) is 30.9. The summed E-state index contributed by atoms with van der Waals surface area (Å²) in [6.45, 7) is 0.0194. The van der Waals surface area contributed by atoms with E-state index in [-0.39, 0.29) is 12.6 Å². The molecule has 3 nitrogen and oxygen atoms in total. The predicted octanol–water partition coefficient (Wildman–Crippen LogP) is 1.47. The highest BCUT2D eigenvalue weighted by atomic mass is 79.9. The van der Waals surface area contributed by atoms with Crippen LogP contribution in [0.25, 0.3) is 0 Å². The van der Waals surface area contributed by atoms with Crippen molar-refractivity contribution in [3.63, 3.8) is 0 Å². The van der Waals surface area contributed by atoms with Crippen molar-refractivity contribution in [2.75, 3.05) is 11.9 Å². The van der Waals surface area contributed by atoms with E-state index in [9.17, 15) is 9.18 Å². The van der Waals surface area contributed by atoms with Crippen LogP contribution in [0.15, 0.2) is 0 Å². The Morgan fingerprint density at radius 1 is 1.82 bits per heavy atom. The lowest BCUT2D eigenvalue weighted by Gasteiger charge is -2.17. The molecule has 0 aromatic rings. The van der Waals surface area contributed by atoms with E-state index in [1.807, 2.05) is 0 Å². The van der Waals surface area contributed by atoms with Gasteiger partial charge in [-0.25, -0.2) is 9.18 Å². The van der Waals surface area contributed by atoms with Gasteiger partial charge in [-0.15, -0.1) is 0 Å². The van der Waals surface area contributed by atoms with E-state index in [0.717, 1.165) is 4.90 Å².